The highest BCUT2D eigenvalue weighted by atomic mass is 32.2. The Morgan fingerprint density at radius 3 is 2.48 bits per heavy atom. The van der Waals surface area contributed by atoms with Gasteiger partial charge in [-0.05, 0) is 50.1 Å². The predicted octanol–water partition coefficient (Wildman–Crippen LogP) is 3.00. The second kappa shape index (κ2) is 6.99. The molecule has 1 heterocycles. The molecule has 0 saturated carbocycles. The first-order chi connectivity index (χ1) is 12.7. The molecule has 2 aromatic carbocycles. The number of benzene rings is 2. The number of hydrogen-bond donors (Lipinski definition) is 1. The smallest absolute Gasteiger partial charge is 0.272 e. The van der Waals surface area contributed by atoms with Gasteiger partial charge in [-0.15, -0.1) is 0 Å². The summed E-state index contributed by atoms with van der Waals surface area (Å²) in [5.74, 6) is -0.303. The summed E-state index contributed by atoms with van der Waals surface area (Å²) in [4.78, 5) is 23.0. The van der Waals surface area contributed by atoms with Gasteiger partial charge >= 0.3 is 0 Å². The van der Waals surface area contributed by atoms with Crippen LogP contribution in [-0.4, -0.2) is 31.5 Å². The Hall–Kier alpha value is -2.94. The van der Waals surface area contributed by atoms with Crippen molar-refractivity contribution in [1.29, 1.82) is 0 Å². The third-order valence-electron chi connectivity index (χ3n) is 4.51. The van der Waals surface area contributed by atoms with Gasteiger partial charge < -0.3 is 5.32 Å². The zero-order valence-electron chi connectivity index (χ0n) is 14.9. The summed E-state index contributed by atoms with van der Waals surface area (Å²) in [5.41, 5.74) is 2.41. The molecule has 1 aliphatic heterocycles. The Labute approximate surface area is 157 Å². The molecule has 27 heavy (non-hydrogen) atoms. The number of anilines is 2. The van der Waals surface area contributed by atoms with Gasteiger partial charge in [-0.1, -0.05) is 6.07 Å². The predicted molar refractivity (Wildman–Crippen MR) is 103 cm³/mol. The number of amides is 1. The van der Waals surface area contributed by atoms with Crippen molar-refractivity contribution >= 4 is 33.0 Å². The second-order valence-corrected chi connectivity index (χ2v) is 8.47. The van der Waals surface area contributed by atoms with E-state index in [4.69, 9.17) is 0 Å². The number of hydrogen-bond acceptors (Lipinski definition) is 5. The van der Waals surface area contributed by atoms with Gasteiger partial charge in [0.25, 0.3) is 11.6 Å². The lowest BCUT2D eigenvalue weighted by Gasteiger charge is -2.19. The van der Waals surface area contributed by atoms with E-state index in [1.165, 1.54) is 22.5 Å². The molecule has 0 aliphatic carbocycles. The van der Waals surface area contributed by atoms with E-state index in [1.54, 1.807) is 32.0 Å². The van der Waals surface area contributed by atoms with Crippen LogP contribution in [0.5, 0.6) is 0 Å². The summed E-state index contributed by atoms with van der Waals surface area (Å²) >= 11 is 0. The molecule has 8 nitrogen and oxygen atoms in total. The van der Waals surface area contributed by atoms with E-state index >= 15 is 0 Å². The highest BCUT2D eigenvalue weighted by Gasteiger charge is 2.28. The zero-order valence-corrected chi connectivity index (χ0v) is 15.7. The molecule has 1 aliphatic rings. The van der Waals surface area contributed by atoms with Crippen molar-refractivity contribution in [2.24, 2.45) is 0 Å². The average Bonchev–Trinajstić information content (AvgIpc) is 2.95. The van der Waals surface area contributed by atoms with Gasteiger partial charge in [0.05, 0.1) is 16.4 Å². The van der Waals surface area contributed by atoms with Crippen molar-refractivity contribution in [3.05, 3.63) is 63.2 Å². The van der Waals surface area contributed by atoms with E-state index in [2.05, 4.69) is 5.32 Å². The van der Waals surface area contributed by atoms with Crippen molar-refractivity contribution in [2.75, 3.05) is 21.9 Å². The highest BCUT2D eigenvalue weighted by Crippen LogP contribution is 2.29. The number of carbonyl (C=O) groups excluding carboxylic acids is 1. The number of sulfonamides is 1. The van der Waals surface area contributed by atoms with Crippen LogP contribution >= 0.6 is 0 Å². The molecule has 0 bridgehead atoms. The minimum atomic E-state index is -3.31. The van der Waals surface area contributed by atoms with Crippen LogP contribution in [0, 0.1) is 24.0 Å². The van der Waals surface area contributed by atoms with Crippen LogP contribution in [-0.2, 0) is 10.0 Å². The molecule has 1 amide bonds. The van der Waals surface area contributed by atoms with Gasteiger partial charge in [0, 0.05) is 29.4 Å². The van der Waals surface area contributed by atoms with Crippen LogP contribution in [0.25, 0.3) is 0 Å². The highest BCUT2D eigenvalue weighted by molar-refractivity contribution is 7.93. The Morgan fingerprint density at radius 1 is 1.15 bits per heavy atom. The summed E-state index contributed by atoms with van der Waals surface area (Å²) < 4.78 is 25.6. The molecular formula is C18H19N3O5S. The van der Waals surface area contributed by atoms with Crippen molar-refractivity contribution in [3.8, 4) is 0 Å². The third kappa shape index (κ3) is 3.77. The lowest BCUT2D eigenvalue weighted by molar-refractivity contribution is -0.385. The van der Waals surface area contributed by atoms with Gasteiger partial charge in [0.2, 0.25) is 10.0 Å². The number of rotatable bonds is 4. The van der Waals surface area contributed by atoms with E-state index in [0.29, 0.717) is 29.9 Å². The molecule has 1 saturated heterocycles. The van der Waals surface area contributed by atoms with Crippen LogP contribution in [0.4, 0.5) is 17.1 Å². The minimum Gasteiger partial charge on any atom is -0.322 e. The van der Waals surface area contributed by atoms with E-state index < -0.39 is 20.9 Å². The van der Waals surface area contributed by atoms with E-state index in [0.717, 1.165) is 5.56 Å². The Morgan fingerprint density at radius 2 is 1.89 bits per heavy atom. The fraction of sp³-hybridized carbons (Fsp3) is 0.278. The first kappa shape index (κ1) is 18.8. The molecule has 0 unspecified atom stereocenters. The molecule has 1 fully saturated rings. The van der Waals surface area contributed by atoms with Crippen LogP contribution in [0.1, 0.15) is 27.9 Å². The molecule has 142 valence electrons. The fourth-order valence-corrected chi connectivity index (χ4v) is 4.58. The number of carbonyl (C=O) groups is 1. The maximum Gasteiger partial charge on any atom is 0.272 e. The first-order valence-corrected chi connectivity index (χ1v) is 9.97. The largest absolute Gasteiger partial charge is 0.322 e. The second-order valence-electron chi connectivity index (χ2n) is 6.45. The fourth-order valence-electron chi connectivity index (χ4n) is 3.03. The van der Waals surface area contributed by atoms with E-state index in [-0.39, 0.29) is 17.0 Å². The third-order valence-corrected chi connectivity index (χ3v) is 6.38. The number of nitrogens with zero attached hydrogens (tertiary/aromatic N) is 2. The molecule has 9 heteroatoms. The van der Waals surface area contributed by atoms with Crippen LogP contribution in [0.2, 0.25) is 0 Å². The molecule has 0 atom stereocenters. The van der Waals surface area contributed by atoms with E-state index in [9.17, 15) is 23.3 Å². The Balaban J connectivity index is 1.87. The summed E-state index contributed by atoms with van der Waals surface area (Å²) in [7, 11) is -3.31. The standard InChI is InChI=1S/C18H19N3O5S/c1-12-4-6-15(20-8-3-9-27(20,25)26)11-16(12)19-18(22)14-5-7-17(21(23)24)13(2)10-14/h4-7,10-11H,3,8-9H2,1-2H3,(H,19,22). The van der Waals surface area contributed by atoms with Crippen molar-refractivity contribution in [3.63, 3.8) is 0 Å². The van der Waals surface area contributed by atoms with Crippen molar-refractivity contribution < 1.29 is 18.1 Å². The normalized spacial score (nSPS) is 15.6. The summed E-state index contributed by atoms with van der Waals surface area (Å²) in [6.45, 7) is 3.79. The lowest BCUT2D eigenvalue weighted by Crippen LogP contribution is -2.25. The Kier molecular flexibility index (Phi) is 4.88. The topological polar surface area (TPSA) is 110 Å². The van der Waals surface area contributed by atoms with Gasteiger partial charge in [-0.25, -0.2) is 8.42 Å². The van der Waals surface area contributed by atoms with Crippen molar-refractivity contribution in [1.82, 2.24) is 0 Å². The summed E-state index contributed by atoms with van der Waals surface area (Å²) in [5, 5.41) is 13.7. The number of nitro benzene ring substituents is 1. The molecule has 2 aromatic rings. The molecule has 0 spiro atoms. The summed E-state index contributed by atoms with van der Waals surface area (Å²) in [6.07, 6.45) is 0.569. The number of nitrogens with one attached hydrogen (secondary N) is 1. The van der Waals surface area contributed by atoms with Crippen molar-refractivity contribution in [2.45, 2.75) is 20.3 Å². The molecule has 1 N–H and O–H groups in total. The SMILES string of the molecule is Cc1ccc(N2CCCS2(=O)=O)cc1NC(=O)c1ccc([N+](=O)[O-])c(C)c1. The van der Waals surface area contributed by atoms with Gasteiger partial charge in [0.1, 0.15) is 0 Å². The first-order valence-electron chi connectivity index (χ1n) is 8.36. The maximum absolute atomic E-state index is 12.5. The average molecular weight is 389 g/mol. The van der Waals surface area contributed by atoms with E-state index in [1.807, 2.05) is 0 Å². The quantitative estimate of drug-likeness (QED) is 0.638. The van der Waals surface area contributed by atoms with Crippen LogP contribution in [0.3, 0.4) is 0 Å². The Bertz CT molecular complexity index is 1030. The van der Waals surface area contributed by atoms with Crippen LogP contribution in [0.15, 0.2) is 36.4 Å². The van der Waals surface area contributed by atoms with Crippen LogP contribution < -0.4 is 9.62 Å². The summed E-state index contributed by atoms with van der Waals surface area (Å²) in [6, 6.07) is 9.24. The van der Waals surface area contributed by atoms with Gasteiger partial charge in [-0.3, -0.25) is 19.2 Å². The minimum absolute atomic E-state index is 0.0519. The molecule has 3 rings (SSSR count). The number of nitro groups is 1. The van der Waals surface area contributed by atoms with Gasteiger partial charge in [0.15, 0.2) is 0 Å². The molecule has 0 aromatic heterocycles. The van der Waals surface area contributed by atoms with Gasteiger partial charge in [-0.2, -0.15) is 0 Å². The maximum atomic E-state index is 12.5. The molecule has 0 radical (unpaired) electrons. The lowest BCUT2D eigenvalue weighted by atomic mass is 10.1. The number of aryl methyl sites for hydroxylation is 2. The molecular weight excluding hydrogens is 370 g/mol. The monoisotopic (exact) mass is 389 g/mol. The zero-order chi connectivity index (χ0) is 19.8.